The molecule has 1 heterocycles. The molecule has 3 aromatic rings. The molecule has 0 saturated carbocycles. The van der Waals surface area contributed by atoms with Gasteiger partial charge in [-0.15, -0.1) is 0 Å². The van der Waals surface area contributed by atoms with Crippen LogP contribution in [0.5, 0.6) is 0 Å². The second-order valence-electron chi connectivity index (χ2n) is 6.09. The number of aromatic amines is 1. The van der Waals surface area contributed by atoms with Gasteiger partial charge in [0.1, 0.15) is 22.4 Å². The van der Waals surface area contributed by atoms with Crippen molar-refractivity contribution in [3.8, 4) is 0 Å². The third-order valence-corrected chi connectivity index (χ3v) is 5.35. The quantitative estimate of drug-likeness (QED) is 0.647. The van der Waals surface area contributed by atoms with Crippen molar-refractivity contribution >= 4 is 10.0 Å². The van der Waals surface area contributed by atoms with Gasteiger partial charge in [-0.05, 0) is 24.6 Å². The minimum Gasteiger partial charge on any atom is -0.263 e. The van der Waals surface area contributed by atoms with Crippen LogP contribution >= 0.6 is 0 Å². The molecule has 6 nitrogen and oxygen atoms in total. The molecule has 0 aliphatic carbocycles. The van der Waals surface area contributed by atoms with Gasteiger partial charge in [-0.1, -0.05) is 29.8 Å². The molecule has 0 spiro atoms. The second kappa shape index (κ2) is 7.93. The molecular weight excluding hydrogens is 374 g/mol. The summed E-state index contributed by atoms with van der Waals surface area (Å²) in [5, 5.41) is 6.89. The van der Waals surface area contributed by atoms with Gasteiger partial charge in [-0.3, -0.25) is 5.10 Å². The fourth-order valence-electron chi connectivity index (χ4n) is 2.61. The number of benzene rings is 2. The van der Waals surface area contributed by atoms with Gasteiger partial charge in [-0.2, -0.15) is 5.10 Å². The molecule has 0 bridgehead atoms. The van der Waals surface area contributed by atoms with E-state index in [9.17, 15) is 17.2 Å². The molecule has 0 amide bonds. The average molecular weight is 392 g/mol. The Labute approximate surface area is 155 Å². The molecule has 0 radical (unpaired) electrons. The first-order valence-corrected chi connectivity index (χ1v) is 9.72. The van der Waals surface area contributed by atoms with Crippen molar-refractivity contribution in [2.24, 2.45) is 0 Å². The highest BCUT2D eigenvalue weighted by atomic mass is 32.2. The van der Waals surface area contributed by atoms with E-state index in [0.717, 1.165) is 23.3 Å². The second-order valence-corrected chi connectivity index (χ2v) is 7.82. The van der Waals surface area contributed by atoms with Crippen LogP contribution in [0, 0.1) is 18.6 Å². The number of aromatic nitrogens is 3. The lowest BCUT2D eigenvalue weighted by Gasteiger charge is -2.06. The summed E-state index contributed by atoms with van der Waals surface area (Å²) in [6, 6.07) is 10.3. The van der Waals surface area contributed by atoms with Crippen molar-refractivity contribution in [1.29, 1.82) is 0 Å². The lowest BCUT2D eigenvalue weighted by atomic mass is 10.1. The molecule has 0 saturated heterocycles. The zero-order valence-electron chi connectivity index (χ0n) is 14.5. The molecule has 0 unspecified atom stereocenters. The third-order valence-electron chi connectivity index (χ3n) is 3.86. The molecule has 1 aromatic heterocycles. The van der Waals surface area contributed by atoms with Crippen LogP contribution in [0.2, 0.25) is 0 Å². The fourth-order valence-corrected chi connectivity index (χ4v) is 3.70. The zero-order chi connectivity index (χ0) is 19.4. The van der Waals surface area contributed by atoms with Crippen molar-refractivity contribution in [2.75, 3.05) is 6.54 Å². The van der Waals surface area contributed by atoms with E-state index in [0.29, 0.717) is 24.1 Å². The summed E-state index contributed by atoms with van der Waals surface area (Å²) in [6.07, 6.45) is 0.813. The first kappa shape index (κ1) is 19.1. The zero-order valence-corrected chi connectivity index (χ0v) is 15.4. The number of H-pyrrole nitrogens is 1. The van der Waals surface area contributed by atoms with Crippen molar-refractivity contribution in [1.82, 2.24) is 19.9 Å². The number of hydrogen-bond donors (Lipinski definition) is 2. The van der Waals surface area contributed by atoms with Crippen LogP contribution in [0.25, 0.3) is 0 Å². The van der Waals surface area contributed by atoms with Gasteiger partial charge >= 0.3 is 0 Å². The van der Waals surface area contributed by atoms with Gasteiger partial charge in [0.25, 0.3) is 0 Å². The highest BCUT2D eigenvalue weighted by Gasteiger charge is 2.19. The maximum absolute atomic E-state index is 13.6. The number of nitrogens with zero attached hydrogens (tertiary/aromatic N) is 2. The molecule has 0 fully saturated rings. The van der Waals surface area contributed by atoms with Crippen LogP contribution in [0.15, 0.2) is 47.4 Å². The highest BCUT2D eigenvalue weighted by molar-refractivity contribution is 7.89. The Balaban J connectivity index is 1.58. The normalized spacial score (nSPS) is 11.7. The molecule has 9 heteroatoms. The predicted octanol–water partition coefficient (Wildman–Crippen LogP) is 2.50. The van der Waals surface area contributed by atoms with Crippen LogP contribution in [0.4, 0.5) is 8.78 Å². The Hall–Kier alpha value is -2.65. The lowest BCUT2D eigenvalue weighted by molar-refractivity contribution is 0.543. The van der Waals surface area contributed by atoms with Gasteiger partial charge in [0.15, 0.2) is 5.82 Å². The fraction of sp³-hybridized carbons (Fsp3) is 0.222. The molecule has 0 atom stereocenters. The van der Waals surface area contributed by atoms with Crippen LogP contribution in [0.3, 0.4) is 0 Å². The Bertz CT molecular complexity index is 1050. The van der Waals surface area contributed by atoms with E-state index < -0.39 is 26.6 Å². The number of halogens is 2. The Morgan fingerprint density at radius 1 is 1.15 bits per heavy atom. The van der Waals surface area contributed by atoms with E-state index in [1.54, 1.807) is 0 Å². The van der Waals surface area contributed by atoms with E-state index in [1.165, 1.54) is 0 Å². The van der Waals surface area contributed by atoms with Gasteiger partial charge in [0.05, 0.1) is 0 Å². The van der Waals surface area contributed by atoms with Crippen molar-refractivity contribution in [3.05, 3.63) is 76.9 Å². The molecule has 142 valence electrons. The smallest absolute Gasteiger partial charge is 0.243 e. The molecule has 0 aliphatic rings. The van der Waals surface area contributed by atoms with Crippen molar-refractivity contribution in [3.63, 3.8) is 0 Å². The van der Waals surface area contributed by atoms with Crippen molar-refractivity contribution in [2.45, 2.75) is 24.7 Å². The van der Waals surface area contributed by atoms with Crippen LogP contribution in [-0.2, 0) is 22.9 Å². The highest BCUT2D eigenvalue weighted by Crippen LogP contribution is 2.15. The SMILES string of the molecule is Cc1cccc(Cc2nc(CCNS(=O)(=O)c3ccc(F)cc3F)n[nH]2)c1. The van der Waals surface area contributed by atoms with Crippen LogP contribution in [0.1, 0.15) is 22.8 Å². The van der Waals surface area contributed by atoms with E-state index in [4.69, 9.17) is 0 Å². The molecule has 3 rings (SSSR count). The third kappa shape index (κ3) is 4.95. The molecule has 27 heavy (non-hydrogen) atoms. The van der Waals surface area contributed by atoms with Crippen LogP contribution in [-0.4, -0.2) is 30.1 Å². The number of sulfonamides is 1. The Kier molecular flexibility index (Phi) is 5.62. The van der Waals surface area contributed by atoms with E-state index in [-0.39, 0.29) is 13.0 Å². The summed E-state index contributed by atoms with van der Waals surface area (Å²) in [5.74, 6) is -0.864. The van der Waals surface area contributed by atoms with Crippen molar-refractivity contribution < 1.29 is 17.2 Å². The van der Waals surface area contributed by atoms with Crippen LogP contribution < -0.4 is 4.72 Å². The summed E-state index contributed by atoms with van der Waals surface area (Å²) in [6.45, 7) is 1.99. The molecule has 2 N–H and O–H groups in total. The molecular formula is C18H18F2N4O2S. The van der Waals surface area contributed by atoms with E-state index in [1.807, 2.05) is 31.2 Å². The summed E-state index contributed by atoms with van der Waals surface area (Å²) in [5.41, 5.74) is 2.24. The minimum absolute atomic E-state index is 0.0130. The summed E-state index contributed by atoms with van der Waals surface area (Å²) >= 11 is 0. The Morgan fingerprint density at radius 3 is 2.70 bits per heavy atom. The Morgan fingerprint density at radius 2 is 1.96 bits per heavy atom. The van der Waals surface area contributed by atoms with E-state index >= 15 is 0 Å². The number of aryl methyl sites for hydroxylation is 1. The maximum atomic E-state index is 13.6. The minimum atomic E-state index is -4.08. The molecule has 2 aromatic carbocycles. The van der Waals surface area contributed by atoms with Gasteiger partial charge in [0.2, 0.25) is 10.0 Å². The van der Waals surface area contributed by atoms with Gasteiger partial charge in [0, 0.05) is 25.5 Å². The van der Waals surface area contributed by atoms with Gasteiger partial charge in [-0.25, -0.2) is 26.9 Å². The summed E-state index contributed by atoms with van der Waals surface area (Å²) < 4.78 is 53.0. The maximum Gasteiger partial charge on any atom is 0.243 e. The average Bonchev–Trinajstić information content (AvgIpc) is 3.01. The first-order valence-electron chi connectivity index (χ1n) is 8.24. The first-order chi connectivity index (χ1) is 12.8. The van der Waals surface area contributed by atoms with Gasteiger partial charge < -0.3 is 0 Å². The number of rotatable bonds is 7. The lowest BCUT2D eigenvalue weighted by Crippen LogP contribution is -2.27. The largest absolute Gasteiger partial charge is 0.263 e. The number of nitrogens with one attached hydrogen (secondary N) is 2. The topological polar surface area (TPSA) is 87.7 Å². The summed E-state index contributed by atoms with van der Waals surface area (Å²) in [7, 11) is -4.08. The number of hydrogen-bond acceptors (Lipinski definition) is 4. The predicted molar refractivity (Wildman–Crippen MR) is 95.6 cm³/mol. The summed E-state index contributed by atoms with van der Waals surface area (Å²) in [4.78, 5) is 3.73. The van der Waals surface area contributed by atoms with E-state index in [2.05, 4.69) is 19.9 Å². The molecule has 0 aliphatic heterocycles. The standard InChI is InChI=1S/C18H18F2N4O2S/c1-12-3-2-4-13(9-12)10-18-22-17(23-24-18)7-8-21-27(25,26)16-6-5-14(19)11-15(16)20/h2-6,9,11,21H,7-8,10H2,1H3,(H,22,23,24). The monoisotopic (exact) mass is 392 g/mol.